The maximum Gasteiger partial charge on any atom is 0.194 e. The lowest BCUT2D eigenvalue weighted by Crippen LogP contribution is -2.40. The Kier molecular flexibility index (Phi) is 5.10. The van der Waals surface area contributed by atoms with Crippen molar-refractivity contribution in [1.82, 2.24) is 19.8 Å². The second-order valence-electron chi connectivity index (χ2n) is 7.27. The van der Waals surface area contributed by atoms with Crippen LogP contribution in [0.1, 0.15) is 17.8 Å². The lowest BCUT2D eigenvalue weighted by atomic mass is 9.99. The summed E-state index contributed by atoms with van der Waals surface area (Å²) in [5.74, 6) is 2.68. The van der Waals surface area contributed by atoms with Crippen LogP contribution in [-0.4, -0.2) is 40.5 Å². The molecule has 1 saturated heterocycles. The Hall–Kier alpha value is -2.82. The molecule has 4 rings (SSSR count). The SMILES string of the molecule is CN=C(NCc1nc2ccccc2n1C)N1CCC(Cc2ccccc2)C1. The largest absolute Gasteiger partial charge is 0.349 e. The van der Waals surface area contributed by atoms with Crippen molar-refractivity contribution >= 4 is 17.0 Å². The molecule has 1 unspecified atom stereocenters. The number of nitrogens with zero attached hydrogens (tertiary/aromatic N) is 4. The summed E-state index contributed by atoms with van der Waals surface area (Å²) in [7, 11) is 3.93. The number of aryl methyl sites for hydroxylation is 1. The molecule has 1 aromatic heterocycles. The molecule has 140 valence electrons. The van der Waals surface area contributed by atoms with Crippen molar-refractivity contribution < 1.29 is 0 Å². The number of rotatable bonds is 4. The number of hydrogen-bond acceptors (Lipinski definition) is 2. The lowest BCUT2D eigenvalue weighted by Gasteiger charge is -2.21. The predicted octanol–water partition coefficient (Wildman–Crippen LogP) is 3.21. The molecule has 1 aliphatic heterocycles. The van der Waals surface area contributed by atoms with Gasteiger partial charge in [-0.15, -0.1) is 0 Å². The zero-order chi connectivity index (χ0) is 18.6. The summed E-state index contributed by atoms with van der Waals surface area (Å²) < 4.78 is 2.15. The average molecular weight is 361 g/mol. The number of para-hydroxylation sites is 2. The molecule has 0 amide bonds. The molecule has 0 bridgehead atoms. The molecule has 2 aromatic carbocycles. The number of aromatic nitrogens is 2. The highest BCUT2D eigenvalue weighted by atomic mass is 15.3. The van der Waals surface area contributed by atoms with Crippen LogP contribution in [0.3, 0.4) is 0 Å². The Bertz CT molecular complexity index is 928. The zero-order valence-corrected chi connectivity index (χ0v) is 16.1. The van der Waals surface area contributed by atoms with Crippen LogP contribution in [0.15, 0.2) is 59.6 Å². The molecule has 0 aliphatic carbocycles. The van der Waals surface area contributed by atoms with Gasteiger partial charge < -0.3 is 14.8 Å². The molecule has 1 atom stereocenters. The van der Waals surface area contributed by atoms with Gasteiger partial charge in [-0.25, -0.2) is 4.98 Å². The van der Waals surface area contributed by atoms with E-state index in [4.69, 9.17) is 4.98 Å². The minimum Gasteiger partial charge on any atom is -0.349 e. The van der Waals surface area contributed by atoms with E-state index < -0.39 is 0 Å². The first-order valence-electron chi connectivity index (χ1n) is 9.64. The monoisotopic (exact) mass is 361 g/mol. The number of benzene rings is 2. The van der Waals surface area contributed by atoms with Crippen molar-refractivity contribution in [3.05, 3.63) is 66.0 Å². The molecular weight excluding hydrogens is 334 g/mol. The maximum absolute atomic E-state index is 4.74. The Labute approximate surface area is 160 Å². The number of aliphatic imine (C=N–C) groups is 1. The van der Waals surface area contributed by atoms with Crippen molar-refractivity contribution in [2.24, 2.45) is 18.0 Å². The second kappa shape index (κ2) is 7.82. The molecule has 27 heavy (non-hydrogen) atoms. The molecule has 1 fully saturated rings. The Morgan fingerprint density at radius 1 is 1.15 bits per heavy atom. The normalized spacial score (nSPS) is 17.6. The summed E-state index contributed by atoms with van der Waals surface area (Å²) in [6.07, 6.45) is 2.35. The average Bonchev–Trinajstić information content (AvgIpc) is 3.28. The van der Waals surface area contributed by atoms with E-state index in [1.807, 2.05) is 13.1 Å². The van der Waals surface area contributed by atoms with Crippen LogP contribution >= 0.6 is 0 Å². The molecule has 0 spiro atoms. The van der Waals surface area contributed by atoms with Crippen molar-refractivity contribution in [3.63, 3.8) is 0 Å². The van der Waals surface area contributed by atoms with Gasteiger partial charge in [-0.1, -0.05) is 42.5 Å². The van der Waals surface area contributed by atoms with Crippen molar-refractivity contribution in [1.29, 1.82) is 0 Å². The predicted molar refractivity (Wildman–Crippen MR) is 111 cm³/mol. The van der Waals surface area contributed by atoms with Gasteiger partial charge in [0.2, 0.25) is 0 Å². The molecule has 5 nitrogen and oxygen atoms in total. The molecular formula is C22H27N5. The first kappa shape index (κ1) is 17.6. The van der Waals surface area contributed by atoms with Crippen LogP contribution in [0.2, 0.25) is 0 Å². The van der Waals surface area contributed by atoms with Crippen molar-refractivity contribution in [3.8, 4) is 0 Å². The van der Waals surface area contributed by atoms with Gasteiger partial charge in [-0.3, -0.25) is 4.99 Å². The number of likely N-dealkylation sites (tertiary alicyclic amines) is 1. The fourth-order valence-electron chi connectivity index (χ4n) is 3.98. The number of hydrogen-bond donors (Lipinski definition) is 1. The van der Waals surface area contributed by atoms with Crippen LogP contribution in [0.4, 0.5) is 0 Å². The van der Waals surface area contributed by atoms with E-state index in [-0.39, 0.29) is 0 Å². The highest BCUT2D eigenvalue weighted by molar-refractivity contribution is 5.80. The summed E-state index contributed by atoms with van der Waals surface area (Å²) in [4.78, 5) is 11.6. The third kappa shape index (κ3) is 3.82. The van der Waals surface area contributed by atoms with Gasteiger partial charge in [0.25, 0.3) is 0 Å². The van der Waals surface area contributed by atoms with Gasteiger partial charge in [-0.05, 0) is 36.5 Å². The van der Waals surface area contributed by atoms with Crippen LogP contribution in [0.5, 0.6) is 0 Å². The van der Waals surface area contributed by atoms with Gasteiger partial charge in [-0.2, -0.15) is 0 Å². The highest BCUT2D eigenvalue weighted by Gasteiger charge is 2.25. The van der Waals surface area contributed by atoms with E-state index in [1.165, 1.54) is 12.0 Å². The van der Waals surface area contributed by atoms with Gasteiger partial charge >= 0.3 is 0 Å². The standard InChI is InChI=1S/C22H27N5/c1-23-22(24-15-21-25-19-10-6-7-11-20(19)26(21)2)27-13-12-18(16-27)14-17-8-4-3-5-9-17/h3-11,18H,12-16H2,1-2H3,(H,23,24). The van der Waals surface area contributed by atoms with Crippen molar-refractivity contribution in [2.45, 2.75) is 19.4 Å². The topological polar surface area (TPSA) is 45.5 Å². The van der Waals surface area contributed by atoms with Crippen LogP contribution in [0.25, 0.3) is 11.0 Å². The molecule has 1 N–H and O–H groups in total. The van der Waals surface area contributed by atoms with E-state index >= 15 is 0 Å². The molecule has 0 radical (unpaired) electrons. The third-order valence-electron chi connectivity index (χ3n) is 5.45. The fraction of sp³-hybridized carbons (Fsp3) is 0.364. The summed E-state index contributed by atoms with van der Waals surface area (Å²) >= 11 is 0. The summed E-state index contributed by atoms with van der Waals surface area (Å²) in [5, 5.41) is 3.51. The van der Waals surface area contributed by atoms with E-state index in [2.05, 4.69) is 75.4 Å². The first-order valence-corrected chi connectivity index (χ1v) is 9.64. The first-order chi connectivity index (χ1) is 13.2. The van der Waals surface area contributed by atoms with Gasteiger partial charge in [0.15, 0.2) is 5.96 Å². The molecule has 5 heteroatoms. The van der Waals surface area contributed by atoms with Gasteiger partial charge in [0, 0.05) is 27.2 Å². The lowest BCUT2D eigenvalue weighted by molar-refractivity contribution is 0.458. The minimum absolute atomic E-state index is 0.678. The number of imidazole rings is 1. The maximum atomic E-state index is 4.74. The molecule has 2 heterocycles. The number of fused-ring (bicyclic) bond motifs is 1. The van der Waals surface area contributed by atoms with E-state index in [9.17, 15) is 0 Å². The summed E-state index contributed by atoms with van der Waals surface area (Å²) in [6.45, 7) is 2.79. The highest BCUT2D eigenvalue weighted by Crippen LogP contribution is 2.21. The van der Waals surface area contributed by atoms with Crippen LogP contribution < -0.4 is 5.32 Å². The van der Waals surface area contributed by atoms with Crippen LogP contribution in [0, 0.1) is 5.92 Å². The van der Waals surface area contributed by atoms with Crippen LogP contribution in [-0.2, 0) is 20.0 Å². The Morgan fingerprint density at radius 3 is 2.70 bits per heavy atom. The smallest absolute Gasteiger partial charge is 0.194 e. The Morgan fingerprint density at radius 2 is 1.93 bits per heavy atom. The zero-order valence-electron chi connectivity index (χ0n) is 16.1. The summed E-state index contributed by atoms with van der Waals surface area (Å²) in [6, 6.07) is 19.0. The second-order valence-corrected chi connectivity index (χ2v) is 7.27. The summed E-state index contributed by atoms with van der Waals surface area (Å²) in [5.41, 5.74) is 3.62. The Balaban J connectivity index is 1.37. The fourth-order valence-corrected chi connectivity index (χ4v) is 3.98. The van der Waals surface area contributed by atoms with E-state index in [0.717, 1.165) is 42.3 Å². The third-order valence-corrected chi connectivity index (χ3v) is 5.45. The quantitative estimate of drug-likeness (QED) is 0.573. The number of guanidine groups is 1. The van der Waals surface area contributed by atoms with Crippen molar-refractivity contribution in [2.75, 3.05) is 20.1 Å². The molecule has 3 aromatic rings. The minimum atomic E-state index is 0.678. The number of nitrogens with one attached hydrogen (secondary N) is 1. The van der Waals surface area contributed by atoms with E-state index in [0.29, 0.717) is 12.5 Å². The van der Waals surface area contributed by atoms with Gasteiger partial charge in [0.1, 0.15) is 5.82 Å². The van der Waals surface area contributed by atoms with E-state index in [1.54, 1.807) is 0 Å². The van der Waals surface area contributed by atoms with Gasteiger partial charge in [0.05, 0.1) is 17.6 Å². The molecule has 1 aliphatic rings. The molecule has 0 saturated carbocycles.